The highest BCUT2D eigenvalue weighted by Gasteiger charge is 2.19. The lowest BCUT2D eigenvalue weighted by molar-refractivity contribution is 0.155. The van der Waals surface area contributed by atoms with Crippen LogP contribution in [0.1, 0.15) is 41.6 Å². The average Bonchev–Trinajstić information content (AvgIpc) is 3.31. The summed E-state index contributed by atoms with van der Waals surface area (Å²) in [5.74, 6) is 1.83. The highest BCUT2D eigenvalue weighted by Crippen LogP contribution is 2.34. The number of hydrogen-bond donors (Lipinski definition) is 1. The monoisotopic (exact) mass is 460 g/mol. The van der Waals surface area contributed by atoms with Crippen molar-refractivity contribution in [1.29, 1.82) is 0 Å². The van der Waals surface area contributed by atoms with Gasteiger partial charge in [-0.05, 0) is 56.4 Å². The number of nitrogens with one attached hydrogen (secondary N) is 1. The number of aromatic nitrogens is 3. The molecule has 1 aliphatic heterocycles. The standard InChI is InChI=1S/C26H28N4O2S/c1-15-5-7-20(17(3)11-15)25-27-18(4)24(33-25)29-26(31)32-14-19-6-8-22-21(13-19)28-23-12-16(2)9-10-30(22)23/h5-8,11,13,16H,9-10,12,14H2,1-4H3,(H,29,31). The molecule has 33 heavy (non-hydrogen) atoms. The lowest BCUT2D eigenvalue weighted by Crippen LogP contribution is -2.17. The quantitative estimate of drug-likeness (QED) is 0.382. The van der Waals surface area contributed by atoms with Crippen LogP contribution in [0.2, 0.25) is 0 Å². The number of amides is 1. The third-order valence-corrected chi connectivity index (χ3v) is 7.37. The van der Waals surface area contributed by atoms with Gasteiger partial charge in [0.2, 0.25) is 0 Å². The molecule has 2 aromatic carbocycles. The van der Waals surface area contributed by atoms with Crippen molar-refractivity contribution in [3.63, 3.8) is 0 Å². The first-order valence-electron chi connectivity index (χ1n) is 11.3. The van der Waals surface area contributed by atoms with E-state index >= 15 is 0 Å². The second-order valence-electron chi connectivity index (χ2n) is 9.05. The molecule has 1 N–H and O–H groups in total. The van der Waals surface area contributed by atoms with E-state index in [0.29, 0.717) is 10.9 Å². The summed E-state index contributed by atoms with van der Waals surface area (Å²) in [5.41, 5.74) is 7.31. The number of thiazole rings is 1. The molecular weight excluding hydrogens is 432 g/mol. The van der Waals surface area contributed by atoms with Crippen LogP contribution in [-0.4, -0.2) is 20.6 Å². The molecule has 1 atom stereocenters. The van der Waals surface area contributed by atoms with Gasteiger partial charge >= 0.3 is 6.09 Å². The maximum atomic E-state index is 12.5. The lowest BCUT2D eigenvalue weighted by atomic mass is 10.0. The molecular formula is C26H28N4O2S. The lowest BCUT2D eigenvalue weighted by Gasteiger charge is -2.20. The molecule has 2 aromatic heterocycles. The van der Waals surface area contributed by atoms with E-state index in [1.807, 2.05) is 19.1 Å². The van der Waals surface area contributed by atoms with E-state index in [2.05, 4.69) is 59.9 Å². The second-order valence-corrected chi connectivity index (χ2v) is 10.1. The molecule has 0 aliphatic carbocycles. The van der Waals surface area contributed by atoms with Gasteiger partial charge in [-0.25, -0.2) is 14.8 Å². The minimum atomic E-state index is -0.480. The Labute approximate surface area is 197 Å². The van der Waals surface area contributed by atoms with Gasteiger partial charge in [0.1, 0.15) is 22.4 Å². The summed E-state index contributed by atoms with van der Waals surface area (Å²) in [7, 11) is 0. The Hall–Kier alpha value is -3.19. The van der Waals surface area contributed by atoms with Crippen molar-refractivity contribution in [3.8, 4) is 10.6 Å². The fourth-order valence-corrected chi connectivity index (χ4v) is 5.49. The van der Waals surface area contributed by atoms with Gasteiger partial charge in [-0.1, -0.05) is 48.1 Å². The van der Waals surface area contributed by atoms with E-state index in [9.17, 15) is 4.79 Å². The number of aryl methyl sites for hydroxylation is 4. The van der Waals surface area contributed by atoms with Crippen molar-refractivity contribution in [2.24, 2.45) is 5.92 Å². The van der Waals surface area contributed by atoms with E-state index in [1.165, 1.54) is 28.9 Å². The summed E-state index contributed by atoms with van der Waals surface area (Å²) >= 11 is 1.46. The van der Waals surface area contributed by atoms with Crippen LogP contribution in [0.25, 0.3) is 21.6 Å². The molecule has 0 fully saturated rings. The average molecular weight is 461 g/mol. The fourth-order valence-electron chi connectivity index (χ4n) is 4.44. The third-order valence-electron chi connectivity index (χ3n) is 6.26. The summed E-state index contributed by atoms with van der Waals surface area (Å²) < 4.78 is 7.82. The largest absolute Gasteiger partial charge is 0.444 e. The van der Waals surface area contributed by atoms with Crippen molar-refractivity contribution in [1.82, 2.24) is 14.5 Å². The number of nitrogens with zero attached hydrogens (tertiary/aromatic N) is 3. The van der Waals surface area contributed by atoms with Crippen molar-refractivity contribution < 1.29 is 9.53 Å². The van der Waals surface area contributed by atoms with Crippen molar-refractivity contribution in [2.75, 3.05) is 5.32 Å². The molecule has 1 amide bonds. The Kier molecular flexibility index (Phi) is 5.66. The Balaban J connectivity index is 1.25. The van der Waals surface area contributed by atoms with E-state index in [4.69, 9.17) is 9.72 Å². The molecule has 1 unspecified atom stereocenters. The summed E-state index contributed by atoms with van der Waals surface area (Å²) in [5, 5.41) is 4.46. The number of anilines is 1. The first-order chi connectivity index (χ1) is 15.9. The highest BCUT2D eigenvalue weighted by molar-refractivity contribution is 7.19. The summed E-state index contributed by atoms with van der Waals surface area (Å²) in [4.78, 5) is 21.9. The predicted molar refractivity (Wildman–Crippen MR) is 133 cm³/mol. The van der Waals surface area contributed by atoms with Crippen molar-refractivity contribution in [3.05, 3.63) is 64.6 Å². The van der Waals surface area contributed by atoms with E-state index in [-0.39, 0.29) is 6.61 Å². The molecule has 4 aromatic rings. The van der Waals surface area contributed by atoms with Gasteiger partial charge in [0.05, 0.1) is 16.7 Å². The smallest absolute Gasteiger partial charge is 0.412 e. The van der Waals surface area contributed by atoms with Crippen LogP contribution < -0.4 is 5.32 Å². The Bertz CT molecular complexity index is 1350. The van der Waals surface area contributed by atoms with Crippen molar-refractivity contribution in [2.45, 2.75) is 53.7 Å². The molecule has 1 aliphatic rings. The van der Waals surface area contributed by atoms with Crippen LogP contribution in [0.15, 0.2) is 36.4 Å². The van der Waals surface area contributed by atoms with E-state index in [0.717, 1.165) is 51.7 Å². The van der Waals surface area contributed by atoms with Crippen LogP contribution in [0.4, 0.5) is 9.80 Å². The molecule has 0 saturated heterocycles. The van der Waals surface area contributed by atoms with Crippen LogP contribution in [0, 0.1) is 26.7 Å². The molecule has 6 nitrogen and oxygen atoms in total. The van der Waals surface area contributed by atoms with Gasteiger partial charge in [0, 0.05) is 18.5 Å². The summed E-state index contributed by atoms with van der Waals surface area (Å²) in [6.45, 7) is 9.54. The molecule has 0 saturated carbocycles. The normalized spacial score (nSPS) is 15.5. The second kappa shape index (κ2) is 8.63. The van der Waals surface area contributed by atoms with Gasteiger partial charge in [-0.15, -0.1) is 0 Å². The van der Waals surface area contributed by atoms with E-state index < -0.39 is 6.09 Å². The van der Waals surface area contributed by atoms with Crippen LogP contribution in [-0.2, 0) is 24.3 Å². The summed E-state index contributed by atoms with van der Waals surface area (Å²) in [6.07, 6.45) is 1.72. The van der Waals surface area contributed by atoms with Gasteiger partial charge in [0.25, 0.3) is 0 Å². The zero-order chi connectivity index (χ0) is 23.1. The summed E-state index contributed by atoms with van der Waals surface area (Å²) in [6, 6.07) is 12.4. The maximum absolute atomic E-state index is 12.5. The molecule has 7 heteroatoms. The number of ether oxygens (including phenoxy) is 1. The highest BCUT2D eigenvalue weighted by atomic mass is 32.1. The molecule has 3 heterocycles. The first-order valence-corrected chi connectivity index (χ1v) is 12.2. The number of fused-ring (bicyclic) bond motifs is 3. The molecule has 5 rings (SSSR count). The Morgan fingerprint density at radius 3 is 2.85 bits per heavy atom. The predicted octanol–water partition coefficient (Wildman–Crippen LogP) is 6.42. The zero-order valence-electron chi connectivity index (χ0n) is 19.4. The molecule has 0 bridgehead atoms. The number of hydrogen-bond acceptors (Lipinski definition) is 5. The molecule has 0 spiro atoms. The van der Waals surface area contributed by atoms with Gasteiger partial charge in [-0.2, -0.15) is 0 Å². The number of benzene rings is 2. The number of carbonyl (C=O) groups excluding carboxylic acids is 1. The number of carbonyl (C=O) groups is 1. The molecule has 170 valence electrons. The minimum Gasteiger partial charge on any atom is -0.444 e. The van der Waals surface area contributed by atoms with Gasteiger partial charge in [-0.3, -0.25) is 5.32 Å². The van der Waals surface area contributed by atoms with E-state index in [1.54, 1.807) is 0 Å². The van der Waals surface area contributed by atoms with Crippen LogP contribution in [0.3, 0.4) is 0 Å². The third kappa shape index (κ3) is 4.37. The fraction of sp³-hybridized carbons (Fsp3) is 0.346. The Morgan fingerprint density at radius 1 is 1.18 bits per heavy atom. The van der Waals surface area contributed by atoms with Gasteiger partial charge < -0.3 is 9.30 Å². The number of imidazole rings is 1. The Morgan fingerprint density at radius 2 is 2.03 bits per heavy atom. The SMILES string of the molecule is Cc1ccc(-c2nc(C)c(NC(=O)OCc3ccc4c(c3)nc3n4CCC(C)C3)s2)c(C)c1. The van der Waals surface area contributed by atoms with Crippen LogP contribution in [0.5, 0.6) is 0 Å². The van der Waals surface area contributed by atoms with Crippen LogP contribution >= 0.6 is 11.3 Å². The topological polar surface area (TPSA) is 69.0 Å². The maximum Gasteiger partial charge on any atom is 0.412 e. The van der Waals surface area contributed by atoms with Gasteiger partial charge in [0.15, 0.2) is 0 Å². The molecule has 0 radical (unpaired) electrons. The first kappa shape index (κ1) is 21.6. The van der Waals surface area contributed by atoms with Crippen molar-refractivity contribution >= 4 is 33.5 Å². The zero-order valence-corrected chi connectivity index (χ0v) is 20.3. The number of rotatable bonds is 4. The minimum absolute atomic E-state index is 0.197.